The number of thiazole rings is 1. The Hall–Kier alpha value is -1.04. The van der Waals surface area contributed by atoms with Gasteiger partial charge >= 0.3 is 6.09 Å². The number of aromatic nitrogens is 1. The average Bonchev–Trinajstić information content (AvgIpc) is 2.64. The molecule has 0 bridgehead atoms. The molecule has 1 aromatic rings. The van der Waals surface area contributed by atoms with Crippen molar-refractivity contribution in [1.29, 1.82) is 0 Å². The van der Waals surface area contributed by atoms with Crippen LogP contribution in [0.5, 0.6) is 0 Å². The smallest absolute Gasteiger partial charge is 0.410 e. The zero-order valence-corrected chi connectivity index (χ0v) is 11.7. The Morgan fingerprint density at radius 1 is 1.50 bits per heavy atom. The maximum absolute atomic E-state index is 10.5. The van der Waals surface area contributed by atoms with Gasteiger partial charge in [-0.25, -0.2) is 9.78 Å². The van der Waals surface area contributed by atoms with Crippen molar-refractivity contribution in [2.75, 3.05) is 5.32 Å². The van der Waals surface area contributed by atoms with Crippen LogP contribution in [0.3, 0.4) is 0 Å². The minimum atomic E-state index is -1.11. The van der Waals surface area contributed by atoms with Crippen LogP contribution >= 0.6 is 11.3 Å². The molecule has 6 heteroatoms. The lowest BCUT2D eigenvalue weighted by Crippen LogP contribution is -2.13. The molecule has 1 rings (SSSR count). The molecular weight excluding hydrogens is 247 g/mol. The maximum atomic E-state index is 10.5. The molecule has 98 valence electrons. The molecule has 0 aliphatic carbocycles. The number of anilines is 1. The zero-order chi connectivity index (χ0) is 13.5. The van der Waals surface area contributed by atoms with E-state index in [1.807, 2.05) is 0 Å². The number of amides is 1. The van der Waals surface area contributed by atoms with Crippen molar-refractivity contribution < 1.29 is 9.90 Å². The number of rotatable bonds is 7. The van der Waals surface area contributed by atoms with Gasteiger partial charge in [-0.1, -0.05) is 39.5 Å². The van der Waals surface area contributed by atoms with Crippen LogP contribution in [0.2, 0.25) is 0 Å². The lowest BCUT2D eigenvalue weighted by molar-refractivity contribution is 0.209. The van der Waals surface area contributed by atoms with Gasteiger partial charge in [0.05, 0.1) is 0 Å². The quantitative estimate of drug-likeness (QED) is 0.588. The fraction of sp³-hybridized carbons (Fsp3) is 0.667. The minimum absolute atomic E-state index is 0.337. The summed E-state index contributed by atoms with van der Waals surface area (Å²) in [5.41, 5.74) is 0.451. The van der Waals surface area contributed by atoms with Crippen LogP contribution in [0.25, 0.3) is 0 Å². The highest BCUT2D eigenvalue weighted by atomic mass is 32.1. The third-order valence-corrected chi connectivity index (χ3v) is 4.05. The lowest BCUT2D eigenvalue weighted by Gasteiger charge is -2.09. The van der Waals surface area contributed by atoms with Gasteiger partial charge in [0.2, 0.25) is 0 Å². The van der Waals surface area contributed by atoms with Crippen molar-refractivity contribution in [3.63, 3.8) is 0 Å². The molecule has 0 fully saturated rings. The Morgan fingerprint density at radius 2 is 2.22 bits per heavy atom. The fourth-order valence-corrected chi connectivity index (χ4v) is 2.81. The molecule has 2 N–H and O–H groups in total. The first kappa shape index (κ1) is 15.0. The summed E-state index contributed by atoms with van der Waals surface area (Å²) < 4.78 is 0. The Balaban J connectivity index is 2.53. The van der Waals surface area contributed by atoms with Crippen LogP contribution in [-0.4, -0.2) is 24.0 Å². The van der Waals surface area contributed by atoms with Gasteiger partial charge in [0.25, 0.3) is 0 Å². The SMILES string of the molecule is [B]c1nc(NC(=O)O)sc1C(C)CCCCCC. The summed E-state index contributed by atoms with van der Waals surface area (Å²) in [6, 6.07) is 0. The maximum Gasteiger partial charge on any atom is 0.410 e. The van der Waals surface area contributed by atoms with E-state index in [9.17, 15) is 4.79 Å². The summed E-state index contributed by atoms with van der Waals surface area (Å²) in [6.45, 7) is 4.30. The van der Waals surface area contributed by atoms with Gasteiger partial charge in [0, 0.05) is 10.5 Å². The monoisotopic (exact) mass is 266 g/mol. The Bertz CT molecular complexity index is 395. The van der Waals surface area contributed by atoms with E-state index in [-0.39, 0.29) is 0 Å². The Morgan fingerprint density at radius 3 is 2.83 bits per heavy atom. The van der Waals surface area contributed by atoms with Gasteiger partial charge in [-0.05, 0) is 12.3 Å². The van der Waals surface area contributed by atoms with Crippen LogP contribution < -0.4 is 10.9 Å². The van der Waals surface area contributed by atoms with E-state index in [1.165, 1.54) is 37.0 Å². The number of carboxylic acid groups (broad SMARTS) is 1. The topological polar surface area (TPSA) is 62.2 Å². The molecule has 1 unspecified atom stereocenters. The van der Waals surface area contributed by atoms with Crippen LogP contribution in [0.1, 0.15) is 56.7 Å². The van der Waals surface area contributed by atoms with Gasteiger partial charge in [-0.2, -0.15) is 0 Å². The zero-order valence-electron chi connectivity index (χ0n) is 10.9. The van der Waals surface area contributed by atoms with Crippen LogP contribution in [-0.2, 0) is 0 Å². The first-order valence-corrected chi connectivity index (χ1v) is 7.12. The summed E-state index contributed by atoms with van der Waals surface area (Å²) in [5.74, 6) is 0.337. The van der Waals surface area contributed by atoms with E-state index in [4.69, 9.17) is 13.0 Å². The predicted molar refractivity (Wildman–Crippen MR) is 76.3 cm³/mol. The van der Waals surface area contributed by atoms with Crippen LogP contribution in [0.15, 0.2) is 0 Å². The minimum Gasteiger partial charge on any atom is -0.465 e. The van der Waals surface area contributed by atoms with E-state index in [0.29, 0.717) is 16.6 Å². The summed E-state index contributed by atoms with van der Waals surface area (Å²) in [4.78, 5) is 15.5. The summed E-state index contributed by atoms with van der Waals surface area (Å²) in [7, 11) is 5.81. The van der Waals surface area contributed by atoms with Crippen molar-refractivity contribution in [3.8, 4) is 0 Å². The second-order valence-electron chi connectivity index (χ2n) is 4.45. The first-order chi connectivity index (χ1) is 8.54. The Labute approximate surface area is 113 Å². The molecule has 1 atom stereocenters. The molecule has 0 saturated heterocycles. The van der Waals surface area contributed by atoms with Crippen LogP contribution in [0, 0.1) is 0 Å². The molecule has 0 saturated carbocycles. The van der Waals surface area contributed by atoms with Crippen molar-refractivity contribution >= 4 is 36.0 Å². The van der Waals surface area contributed by atoms with E-state index >= 15 is 0 Å². The predicted octanol–water partition coefficient (Wildman–Crippen LogP) is 3.10. The third kappa shape index (κ3) is 4.68. The van der Waals surface area contributed by atoms with Gasteiger partial charge in [-0.15, -0.1) is 11.3 Å². The van der Waals surface area contributed by atoms with E-state index < -0.39 is 6.09 Å². The number of hydrogen-bond donors (Lipinski definition) is 2. The molecular formula is C12H19BN2O2S. The van der Waals surface area contributed by atoms with E-state index in [0.717, 1.165) is 11.3 Å². The van der Waals surface area contributed by atoms with Crippen molar-refractivity contribution in [2.24, 2.45) is 0 Å². The number of unbranched alkanes of at least 4 members (excludes halogenated alkanes) is 3. The lowest BCUT2D eigenvalue weighted by atomic mass is 9.93. The molecule has 0 aromatic carbocycles. The molecule has 1 amide bonds. The summed E-state index contributed by atoms with van der Waals surface area (Å²) in [5, 5.41) is 11.2. The van der Waals surface area contributed by atoms with E-state index in [1.54, 1.807) is 0 Å². The first-order valence-electron chi connectivity index (χ1n) is 6.30. The summed E-state index contributed by atoms with van der Waals surface area (Å²) in [6.07, 6.45) is 4.86. The highest BCUT2D eigenvalue weighted by Crippen LogP contribution is 2.27. The number of hydrogen-bond acceptors (Lipinski definition) is 3. The molecule has 1 heterocycles. The van der Waals surface area contributed by atoms with Gasteiger partial charge < -0.3 is 5.11 Å². The number of nitrogens with zero attached hydrogens (tertiary/aromatic N) is 1. The van der Waals surface area contributed by atoms with Crippen molar-refractivity contribution in [2.45, 2.75) is 51.9 Å². The summed E-state index contributed by atoms with van der Waals surface area (Å²) >= 11 is 1.33. The van der Waals surface area contributed by atoms with Gasteiger partial charge in [-0.3, -0.25) is 5.32 Å². The van der Waals surface area contributed by atoms with Gasteiger partial charge in [0.15, 0.2) is 5.13 Å². The Kier molecular flexibility index (Phi) is 6.19. The molecule has 0 aliphatic heterocycles. The third-order valence-electron chi connectivity index (χ3n) is 2.83. The molecule has 2 radical (unpaired) electrons. The fourth-order valence-electron chi connectivity index (χ4n) is 1.85. The van der Waals surface area contributed by atoms with Crippen molar-refractivity contribution in [1.82, 2.24) is 4.98 Å². The largest absolute Gasteiger partial charge is 0.465 e. The normalized spacial score (nSPS) is 12.3. The van der Waals surface area contributed by atoms with Crippen molar-refractivity contribution in [3.05, 3.63) is 4.88 Å². The number of nitrogens with one attached hydrogen (secondary N) is 1. The highest BCUT2D eigenvalue weighted by Gasteiger charge is 2.14. The van der Waals surface area contributed by atoms with E-state index in [2.05, 4.69) is 24.1 Å². The van der Waals surface area contributed by atoms with Gasteiger partial charge in [0.1, 0.15) is 7.85 Å². The second kappa shape index (κ2) is 7.41. The number of carbonyl (C=O) groups is 1. The standard InChI is InChI=1S/C12H19BN2O2S/c1-3-4-5-6-7-8(2)9-10(13)14-11(18-9)15-12(16)17/h8H,3-7H2,1-2H3,(H,14,15)(H,16,17). The molecule has 0 spiro atoms. The van der Waals surface area contributed by atoms with Crippen LogP contribution in [0.4, 0.5) is 9.93 Å². The molecule has 18 heavy (non-hydrogen) atoms. The average molecular weight is 266 g/mol. The highest BCUT2D eigenvalue weighted by molar-refractivity contribution is 7.16. The molecule has 4 nitrogen and oxygen atoms in total. The molecule has 0 aliphatic rings. The molecule has 1 aromatic heterocycles. The second-order valence-corrected chi connectivity index (χ2v) is 5.48.